The third kappa shape index (κ3) is 6.36. The molecule has 1 saturated heterocycles. The molecule has 2 aromatic carbocycles. The Balaban J connectivity index is 1.54. The molecular weight excluding hydrogens is 434 g/mol. The summed E-state index contributed by atoms with van der Waals surface area (Å²) in [4.78, 5) is 12.3. The number of benzene rings is 2. The number of amides is 1. The van der Waals surface area contributed by atoms with Gasteiger partial charge in [-0.05, 0) is 73.1 Å². The highest BCUT2D eigenvalue weighted by atomic mass is 32.2. The average Bonchev–Trinajstić information content (AvgIpc) is 2.79. The third-order valence-corrected chi connectivity index (χ3v) is 6.96. The third-order valence-electron chi connectivity index (χ3n) is 4.84. The van der Waals surface area contributed by atoms with Gasteiger partial charge in [-0.2, -0.15) is 4.31 Å². The van der Waals surface area contributed by atoms with E-state index in [1.165, 1.54) is 10.4 Å². The Labute approximate surface area is 188 Å². The van der Waals surface area contributed by atoms with Gasteiger partial charge in [0.05, 0.1) is 12.0 Å². The lowest BCUT2D eigenvalue weighted by atomic mass is 10.2. The van der Waals surface area contributed by atoms with Crippen molar-refractivity contribution in [2.45, 2.75) is 24.2 Å². The topological polar surface area (TPSA) is 87.7 Å². The molecule has 1 aliphatic rings. The number of sulfonamides is 1. The van der Waals surface area contributed by atoms with E-state index in [0.717, 1.165) is 30.6 Å². The zero-order chi connectivity index (χ0) is 22.3. The summed E-state index contributed by atoms with van der Waals surface area (Å²) in [5.41, 5.74) is 1.43. The zero-order valence-corrected chi connectivity index (χ0v) is 18.8. The lowest BCUT2D eigenvalue weighted by molar-refractivity contribution is -0.115. The first-order valence-electron chi connectivity index (χ1n) is 9.93. The Morgan fingerprint density at radius 3 is 2.29 bits per heavy atom. The first-order chi connectivity index (χ1) is 14.9. The highest BCUT2D eigenvalue weighted by Crippen LogP contribution is 2.22. The number of nitrogens with one attached hydrogen (secondary N) is 2. The largest absolute Gasteiger partial charge is 0.497 e. The summed E-state index contributed by atoms with van der Waals surface area (Å²) in [5, 5.41) is 5.57. The summed E-state index contributed by atoms with van der Waals surface area (Å²) in [7, 11) is -1.89. The summed E-state index contributed by atoms with van der Waals surface area (Å²) in [6.07, 6.45) is 5.88. The summed E-state index contributed by atoms with van der Waals surface area (Å²) in [6, 6.07) is 13.6. The molecule has 0 bridgehead atoms. The second-order valence-corrected chi connectivity index (χ2v) is 9.39. The molecule has 164 valence electrons. The van der Waals surface area contributed by atoms with E-state index in [-0.39, 0.29) is 15.9 Å². The summed E-state index contributed by atoms with van der Waals surface area (Å²) < 4.78 is 32.0. The van der Waals surface area contributed by atoms with E-state index in [4.69, 9.17) is 17.0 Å². The van der Waals surface area contributed by atoms with E-state index in [2.05, 4.69) is 10.6 Å². The van der Waals surface area contributed by atoms with Gasteiger partial charge in [-0.1, -0.05) is 18.6 Å². The van der Waals surface area contributed by atoms with Crippen LogP contribution in [0, 0.1) is 0 Å². The van der Waals surface area contributed by atoms with Crippen molar-refractivity contribution in [3.8, 4) is 5.75 Å². The van der Waals surface area contributed by atoms with E-state index in [0.29, 0.717) is 18.8 Å². The van der Waals surface area contributed by atoms with Gasteiger partial charge < -0.3 is 10.1 Å². The standard InChI is InChI=1S/C22H25N3O4S2/c1-29-19-10-5-17(6-11-19)7-14-21(26)24-22(30)23-18-8-12-20(13-9-18)31(27,28)25-15-3-2-4-16-25/h5-14H,2-4,15-16H2,1H3,(H2,23,24,26,30)/b14-7+. The molecule has 0 saturated carbocycles. The van der Waals surface area contributed by atoms with Crippen molar-refractivity contribution < 1.29 is 17.9 Å². The number of methoxy groups -OCH3 is 1. The molecule has 0 spiro atoms. The van der Waals surface area contributed by atoms with Crippen molar-refractivity contribution in [1.82, 2.24) is 9.62 Å². The van der Waals surface area contributed by atoms with E-state index >= 15 is 0 Å². The molecule has 9 heteroatoms. The van der Waals surface area contributed by atoms with Gasteiger partial charge in [0.1, 0.15) is 5.75 Å². The van der Waals surface area contributed by atoms with Crippen molar-refractivity contribution in [3.63, 3.8) is 0 Å². The lowest BCUT2D eigenvalue weighted by Crippen LogP contribution is -2.35. The van der Waals surface area contributed by atoms with E-state index in [1.54, 1.807) is 49.6 Å². The van der Waals surface area contributed by atoms with Crippen LogP contribution in [0.15, 0.2) is 59.5 Å². The molecule has 0 aliphatic carbocycles. The Kier molecular flexibility index (Phi) is 7.78. The number of thiocarbonyl (C=S) groups is 1. The maximum atomic E-state index is 12.7. The fourth-order valence-electron chi connectivity index (χ4n) is 3.17. The Morgan fingerprint density at radius 2 is 1.68 bits per heavy atom. The van der Waals surface area contributed by atoms with E-state index < -0.39 is 10.0 Å². The number of rotatable bonds is 6. The minimum absolute atomic E-state index is 0.121. The van der Waals surface area contributed by atoms with Crippen molar-refractivity contribution >= 4 is 45.0 Å². The normalized spacial score (nSPS) is 14.9. The predicted octanol–water partition coefficient (Wildman–Crippen LogP) is 3.40. The van der Waals surface area contributed by atoms with Crippen LogP contribution in [0.1, 0.15) is 24.8 Å². The minimum Gasteiger partial charge on any atom is -0.497 e. The van der Waals surface area contributed by atoms with Gasteiger partial charge in [-0.3, -0.25) is 10.1 Å². The summed E-state index contributed by atoms with van der Waals surface area (Å²) in [5.74, 6) is 0.361. The lowest BCUT2D eigenvalue weighted by Gasteiger charge is -2.25. The van der Waals surface area contributed by atoms with Gasteiger partial charge in [0.2, 0.25) is 15.9 Å². The summed E-state index contributed by atoms with van der Waals surface area (Å²) >= 11 is 5.16. The average molecular weight is 460 g/mol. The minimum atomic E-state index is -3.48. The number of ether oxygens (including phenoxy) is 1. The monoisotopic (exact) mass is 459 g/mol. The van der Waals surface area contributed by atoms with E-state index in [1.807, 2.05) is 12.1 Å². The van der Waals surface area contributed by atoms with Crippen LogP contribution in [0.4, 0.5) is 5.69 Å². The molecule has 0 aromatic heterocycles. The number of piperidine rings is 1. The maximum absolute atomic E-state index is 12.7. The molecule has 3 rings (SSSR count). The number of hydrogen-bond acceptors (Lipinski definition) is 5. The Morgan fingerprint density at radius 1 is 1.03 bits per heavy atom. The van der Waals surface area contributed by atoms with Gasteiger partial charge in [0.15, 0.2) is 5.11 Å². The highest BCUT2D eigenvalue weighted by molar-refractivity contribution is 7.89. The van der Waals surface area contributed by atoms with Gasteiger partial charge in [-0.15, -0.1) is 0 Å². The molecule has 1 heterocycles. The SMILES string of the molecule is COc1ccc(/C=C/C(=O)NC(=S)Nc2ccc(S(=O)(=O)N3CCCCC3)cc2)cc1. The van der Waals surface area contributed by atoms with Crippen molar-refractivity contribution in [2.75, 3.05) is 25.5 Å². The quantitative estimate of drug-likeness (QED) is 0.509. The molecule has 0 atom stereocenters. The first-order valence-corrected chi connectivity index (χ1v) is 11.8. The van der Waals surface area contributed by atoms with Crippen LogP contribution in [-0.4, -0.2) is 43.9 Å². The fourth-order valence-corrected chi connectivity index (χ4v) is 4.90. The number of carbonyl (C=O) groups excluding carboxylic acids is 1. The Bertz CT molecular complexity index is 1040. The van der Waals surface area contributed by atoms with Crippen LogP contribution >= 0.6 is 12.2 Å². The molecular formula is C22H25N3O4S2. The van der Waals surface area contributed by atoms with Crippen LogP contribution in [0.25, 0.3) is 6.08 Å². The number of carbonyl (C=O) groups is 1. The summed E-state index contributed by atoms with van der Waals surface area (Å²) in [6.45, 7) is 1.12. The van der Waals surface area contributed by atoms with E-state index in [9.17, 15) is 13.2 Å². The number of nitrogens with zero attached hydrogens (tertiary/aromatic N) is 1. The maximum Gasteiger partial charge on any atom is 0.250 e. The fraction of sp³-hybridized carbons (Fsp3) is 0.273. The number of anilines is 1. The van der Waals surface area contributed by atoms with Gasteiger partial charge in [0, 0.05) is 24.9 Å². The van der Waals surface area contributed by atoms with Crippen LogP contribution in [0.5, 0.6) is 5.75 Å². The second kappa shape index (κ2) is 10.5. The molecule has 7 nitrogen and oxygen atoms in total. The second-order valence-electron chi connectivity index (χ2n) is 7.04. The molecule has 31 heavy (non-hydrogen) atoms. The van der Waals surface area contributed by atoms with Crippen molar-refractivity contribution in [1.29, 1.82) is 0 Å². The molecule has 2 aromatic rings. The van der Waals surface area contributed by atoms with Crippen molar-refractivity contribution in [2.24, 2.45) is 0 Å². The van der Waals surface area contributed by atoms with Gasteiger partial charge in [-0.25, -0.2) is 8.42 Å². The first kappa shape index (κ1) is 22.9. The molecule has 1 aliphatic heterocycles. The van der Waals surface area contributed by atoms with Gasteiger partial charge in [0.25, 0.3) is 0 Å². The molecule has 0 unspecified atom stereocenters. The molecule has 1 amide bonds. The molecule has 2 N–H and O–H groups in total. The molecule has 0 radical (unpaired) electrons. The van der Waals surface area contributed by atoms with Gasteiger partial charge >= 0.3 is 0 Å². The zero-order valence-electron chi connectivity index (χ0n) is 17.2. The van der Waals surface area contributed by atoms with Crippen LogP contribution in [0.2, 0.25) is 0 Å². The number of hydrogen-bond donors (Lipinski definition) is 2. The molecule has 1 fully saturated rings. The Hall–Kier alpha value is -2.75. The van der Waals surface area contributed by atoms with Crippen LogP contribution in [0.3, 0.4) is 0 Å². The smallest absolute Gasteiger partial charge is 0.250 e. The van der Waals surface area contributed by atoms with Crippen molar-refractivity contribution in [3.05, 3.63) is 60.2 Å². The van der Waals surface area contributed by atoms with Crippen LogP contribution in [-0.2, 0) is 14.8 Å². The highest BCUT2D eigenvalue weighted by Gasteiger charge is 2.25. The van der Waals surface area contributed by atoms with Crippen LogP contribution < -0.4 is 15.4 Å². The predicted molar refractivity (Wildman–Crippen MR) is 125 cm³/mol.